The van der Waals surface area contributed by atoms with Crippen LogP contribution in [0.4, 0.5) is 0 Å². The summed E-state index contributed by atoms with van der Waals surface area (Å²) in [5, 5.41) is 0. The molecule has 0 nitrogen and oxygen atoms in total. The Balaban J connectivity index is 2.31. The monoisotopic (exact) mass is 306 g/mol. The Hall–Kier alpha value is -0.560. The minimum atomic E-state index is 0.465. The van der Waals surface area contributed by atoms with Gasteiger partial charge in [-0.05, 0) is 48.0 Å². The molecule has 1 aromatic carbocycles. The van der Waals surface area contributed by atoms with Crippen molar-refractivity contribution in [3.8, 4) is 0 Å². The van der Waals surface area contributed by atoms with Gasteiger partial charge in [-0.15, -0.1) is 0 Å². The second-order valence-corrected chi connectivity index (χ2v) is 6.08. The van der Waals surface area contributed by atoms with Crippen molar-refractivity contribution in [3.63, 3.8) is 0 Å². The lowest BCUT2D eigenvalue weighted by Gasteiger charge is -2.10. The van der Waals surface area contributed by atoms with E-state index in [9.17, 15) is 0 Å². The normalized spacial score (nSPS) is 18.3. The Morgan fingerprint density at radius 1 is 1.00 bits per heavy atom. The van der Waals surface area contributed by atoms with Crippen LogP contribution >= 0.6 is 15.9 Å². The zero-order valence-corrected chi connectivity index (χ0v) is 13.1. The van der Waals surface area contributed by atoms with E-state index in [0.29, 0.717) is 4.83 Å². The van der Waals surface area contributed by atoms with Crippen molar-refractivity contribution >= 4 is 21.5 Å². The molecule has 0 saturated heterocycles. The van der Waals surface area contributed by atoms with Gasteiger partial charge in [0, 0.05) is 0 Å². The maximum Gasteiger partial charge on any atom is 0.0616 e. The summed E-state index contributed by atoms with van der Waals surface area (Å²) in [6.45, 7) is 4.55. The minimum absolute atomic E-state index is 0.465. The maximum atomic E-state index is 3.91. The molecule has 1 aliphatic rings. The molecule has 0 heterocycles. The topological polar surface area (TPSA) is 0 Å². The quantitative estimate of drug-likeness (QED) is 0.543. The summed E-state index contributed by atoms with van der Waals surface area (Å²) < 4.78 is 0. The van der Waals surface area contributed by atoms with E-state index in [2.05, 4.69) is 54.0 Å². The average Bonchev–Trinajstić information content (AvgIpc) is 2.67. The van der Waals surface area contributed by atoms with Crippen LogP contribution < -0.4 is 0 Å². The number of hydrogen-bond donors (Lipinski definition) is 0. The van der Waals surface area contributed by atoms with Crippen LogP contribution in [0.2, 0.25) is 0 Å². The summed E-state index contributed by atoms with van der Waals surface area (Å²) in [5.74, 6) is 0. The number of hydrogen-bond acceptors (Lipinski definition) is 0. The van der Waals surface area contributed by atoms with Gasteiger partial charge < -0.3 is 0 Å². The SMILES string of the molecule is CCCCC1=C(CCCC)C(Br)c2ccccc21. The molecule has 1 aliphatic carbocycles. The highest BCUT2D eigenvalue weighted by Crippen LogP contribution is 2.48. The number of rotatable bonds is 6. The lowest BCUT2D eigenvalue weighted by Crippen LogP contribution is -1.90. The second kappa shape index (κ2) is 6.56. The largest absolute Gasteiger partial charge is 0.0790 e. The maximum absolute atomic E-state index is 3.91. The van der Waals surface area contributed by atoms with Crippen molar-refractivity contribution < 1.29 is 0 Å². The van der Waals surface area contributed by atoms with Crippen LogP contribution in [0, 0.1) is 0 Å². The first-order chi connectivity index (χ1) is 8.79. The number of halogens is 1. The third-order valence-corrected chi connectivity index (χ3v) is 4.88. The number of unbranched alkanes of at least 4 members (excludes halogenated alkanes) is 2. The molecular weight excluding hydrogens is 284 g/mol. The molecule has 0 fully saturated rings. The predicted octanol–water partition coefficient (Wildman–Crippen LogP) is 6.27. The van der Waals surface area contributed by atoms with E-state index in [0.717, 1.165) is 0 Å². The molecule has 1 unspecified atom stereocenters. The van der Waals surface area contributed by atoms with Gasteiger partial charge in [0.15, 0.2) is 0 Å². The van der Waals surface area contributed by atoms with Gasteiger partial charge in [-0.2, -0.15) is 0 Å². The molecule has 0 aliphatic heterocycles. The molecule has 0 bridgehead atoms. The van der Waals surface area contributed by atoms with Gasteiger partial charge >= 0.3 is 0 Å². The molecule has 1 heteroatoms. The Bertz CT molecular complexity index is 431. The first-order valence-electron chi connectivity index (χ1n) is 7.24. The van der Waals surface area contributed by atoms with Crippen LogP contribution in [-0.4, -0.2) is 0 Å². The van der Waals surface area contributed by atoms with Gasteiger partial charge in [-0.25, -0.2) is 0 Å². The zero-order chi connectivity index (χ0) is 13.0. The van der Waals surface area contributed by atoms with Gasteiger partial charge in [0.05, 0.1) is 4.83 Å². The third kappa shape index (κ3) is 2.71. The Morgan fingerprint density at radius 3 is 2.39 bits per heavy atom. The van der Waals surface area contributed by atoms with Crippen LogP contribution in [0.15, 0.2) is 29.8 Å². The van der Waals surface area contributed by atoms with Crippen molar-refractivity contribution in [2.24, 2.45) is 0 Å². The average molecular weight is 307 g/mol. The molecule has 0 saturated carbocycles. The Morgan fingerprint density at radius 2 is 1.67 bits per heavy atom. The lowest BCUT2D eigenvalue weighted by molar-refractivity contribution is 0.768. The van der Waals surface area contributed by atoms with Gasteiger partial charge in [0.1, 0.15) is 0 Å². The molecule has 0 N–H and O–H groups in total. The number of fused-ring (bicyclic) bond motifs is 1. The molecule has 0 spiro atoms. The van der Waals surface area contributed by atoms with E-state index < -0.39 is 0 Å². The van der Waals surface area contributed by atoms with E-state index in [4.69, 9.17) is 0 Å². The van der Waals surface area contributed by atoms with E-state index in [1.165, 1.54) is 49.7 Å². The summed E-state index contributed by atoms with van der Waals surface area (Å²) in [7, 11) is 0. The van der Waals surface area contributed by atoms with Gasteiger partial charge in [-0.1, -0.05) is 66.9 Å². The number of allylic oxidation sites excluding steroid dienone is 2. The van der Waals surface area contributed by atoms with Crippen molar-refractivity contribution in [3.05, 3.63) is 41.0 Å². The summed E-state index contributed by atoms with van der Waals surface area (Å²) in [6, 6.07) is 8.91. The molecule has 1 atom stereocenters. The third-order valence-electron chi connectivity index (χ3n) is 3.83. The lowest BCUT2D eigenvalue weighted by atomic mass is 9.98. The molecular formula is C17H23Br. The molecule has 1 aromatic rings. The molecule has 18 heavy (non-hydrogen) atoms. The van der Waals surface area contributed by atoms with Crippen LogP contribution in [0.3, 0.4) is 0 Å². The number of alkyl halides is 1. The van der Waals surface area contributed by atoms with Crippen molar-refractivity contribution in [2.75, 3.05) is 0 Å². The van der Waals surface area contributed by atoms with Crippen molar-refractivity contribution in [1.29, 1.82) is 0 Å². The standard InChI is InChI=1S/C17H23Br/c1-3-5-9-13-14-11-7-8-12-16(14)17(18)15(13)10-6-4-2/h7-8,11-12,17H,3-6,9-10H2,1-2H3. The first-order valence-corrected chi connectivity index (χ1v) is 8.16. The predicted molar refractivity (Wildman–Crippen MR) is 84.1 cm³/mol. The highest BCUT2D eigenvalue weighted by atomic mass is 79.9. The Kier molecular flexibility index (Phi) is 5.05. The zero-order valence-electron chi connectivity index (χ0n) is 11.5. The second-order valence-electron chi connectivity index (χ2n) is 5.16. The molecule has 0 aromatic heterocycles. The summed E-state index contributed by atoms with van der Waals surface area (Å²) in [4.78, 5) is 0.465. The van der Waals surface area contributed by atoms with E-state index >= 15 is 0 Å². The molecule has 0 amide bonds. The number of benzene rings is 1. The van der Waals surface area contributed by atoms with E-state index in [1.807, 2.05) is 0 Å². The molecule has 98 valence electrons. The summed E-state index contributed by atoms with van der Waals surface area (Å²) in [6.07, 6.45) is 7.66. The highest BCUT2D eigenvalue weighted by Gasteiger charge is 2.27. The van der Waals surface area contributed by atoms with Crippen LogP contribution in [0.1, 0.15) is 68.3 Å². The summed E-state index contributed by atoms with van der Waals surface area (Å²) >= 11 is 3.91. The van der Waals surface area contributed by atoms with Gasteiger partial charge in [0.2, 0.25) is 0 Å². The van der Waals surface area contributed by atoms with Crippen LogP contribution in [0.5, 0.6) is 0 Å². The first kappa shape index (κ1) is 13.9. The summed E-state index contributed by atoms with van der Waals surface area (Å²) in [5.41, 5.74) is 6.25. The van der Waals surface area contributed by atoms with Crippen LogP contribution in [-0.2, 0) is 0 Å². The fraction of sp³-hybridized carbons (Fsp3) is 0.529. The highest BCUT2D eigenvalue weighted by molar-refractivity contribution is 9.09. The fourth-order valence-electron chi connectivity index (χ4n) is 2.80. The molecule has 2 rings (SSSR count). The Labute approximate surface area is 120 Å². The van der Waals surface area contributed by atoms with Crippen LogP contribution in [0.25, 0.3) is 5.57 Å². The van der Waals surface area contributed by atoms with Gasteiger partial charge in [-0.3, -0.25) is 0 Å². The van der Waals surface area contributed by atoms with Crippen molar-refractivity contribution in [1.82, 2.24) is 0 Å². The van der Waals surface area contributed by atoms with E-state index in [1.54, 1.807) is 11.1 Å². The van der Waals surface area contributed by atoms with Crippen molar-refractivity contribution in [2.45, 2.75) is 57.2 Å². The smallest absolute Gasteiger partial charge is 0.0616 e. The van der Waals surface area contributed by atoms with E-state index in [-0.39, 0.29) is 0 Å². The fourth-order valence-corrected chi connectivity index (χ4v) is 3.70. The van der Waals surface area contributed by atoms with Gasteiger partial charge in [0.25, 0.3) is 0 Å². The minimum Gasteiger partial charge on any atom is -0.0790 e. The molecule has 0 radical (unpaired) electrons.